The van der Waals surface area contributed by atoms with Crippen molar-refractivity contribution in [1.29, 1.82) is 0 Å². The Morgan fingerprint density at radius 3 is 2.45 bits per heavy atom. The molecule has 0 saturated carbocycles. The van der Waals surface area contributed by atoms with Crippen molar-refractivity contribution >= 4 is 17.0 Å². The smallest absolute Gasteiger partial charge is 0.349 e. The maximum atomic E-state index is 13.5. The molecule has 0 spiro atoms. The van der Waals surface area contributed by atoms with Gasteiger partial charge in [-0.05, 0) is 48.9 Å². The SMILES string of the molecule is COC(=O)C(C)On1c(-c2ccncc2)c(-c2ccc(F)cc2)c2ncccc21. The van der Waals surface area contributed by atoms with Gasteiger partial charge in [-0.3, -0.25) is 9.97 Å². The van der Waals surface area contributed by atoms with E-state index in [4.69, 9.17) is 9.57 Å². The van der Waals surface area contributed by atoms with Gasteiger partial charge in [-0.2, -0.15) is 4.73 Å². The summed E-state index contributed by atoms with van der Waals surface area (Å²) in [5.74, 6) is -0.828. The van der Waals surface area contributed by atoms with Gasteiger partial charge in [-0.15, -0.1) is 0 Å². The first-order valence-electron chi connectivity index (χ1n) is 9.01. The summed E-state index contributed by atoms with van der Waals surface area (Å²) in [6.07, 6.45) is 4.17. The Hall–Kier alpha value is -3.74. The molecule has 0 amide bonds. The molecule has 3 aromatic heterocycles. The fraction of sp³-hybridized carbons (Fsp3) is 0.136. The number of benzene rings is 1. The zero-order valence-corrected chi connectivity index (χ0v) is 15.9. The fourth-order valence-electron chi connectivity index (χ4n) is 3.23. The van der Waals surface area contributed by atoms with Crippen LogP contribution >= 0.6 is 0 Å². The van der Waals surface area contributed by atoms with E-state index in [1.54, 1.807) is 48.4 Å². The average Bonchev–Trinajstić information content (AvgIpc) is 3.08. The highest BCUT2D eigenvalue weighted by atomic mass is 19.1. The Balaban J connectivity index is 2.03. The standard InChI is InChI=1S/C22H18FN3O3/c1-14(22(27)28-2)29-26-18-4-3-11-25-20(18)19(15-5-7-17(23)8-6-15)21(26)16-9-12-24-13-10-16/h3-14H,1-2H3. The highest BCUT2D eigenvalue weighted by Gasteiger charge is 2.25. The lowest BCUT2D eigenvalue weighted by Gasteiger charge is -2.17. The van der Waals surface area contributed by atoms with Crippen molar-refractivity contribution in [3.05, 3.63) is 72.9 Å². The van der Waals surface area contributed by atoms with Crippen molar-refractivity contribution in [1.82, 2.24) is 14.7 Å². The van der Waals surface area contributed by atoms with Crippen molar-refractivity contribution in [3.63, 3.8) is 0 Å². The zero-order valence-electron chi connectivity index (χ0n) is 15.9. The van der Waals surface area contributed by atoms with Crippen LogP contribution < -0.4 is 4.84 Å². The largest absolute Gasteiger partial charge is 0.466 e. The minimum Gasteiger partial charge on any atom is -0.466 e. The number of methoxy groups -OCH3 is 1. The van der Waals surface area contributed by atoms with Crippen molar-refractivity contribution in [2.75, 3.05) is 7.11 Å². The van der Waals surface area contributed by atoms with Crippen LogP contribution in [0.1, 0.15) is 6.92 Å². The van der Waals surface area contributed by atoms with Gasteiger partial charge in [0.2, 0.25) is 6.10 Å². The van der Waals surface area contributed by atoms with Gasteiger partial charge >= 0.3 is 5.97 Å². The van der Waals surface area contributed by atoms with Gasteiger partial charge < -0.3 is 9.57 Å². The summed E-state index contributed by atoms with van der Waals surface area (Å²) >= 11 is 0. The van der Waals surface area contributed by atoms with E-state index in [0.29, 0.717) is 16.7 Å². The number of hydrogen-bond acceptors (Lipinski definition) is 5. The third-order valence-electron chi connectivity index (χ3n) is 4.57. The number of nitrogens with zero attached hydrogens (tertiary/aromatic N) is 3. The van der Waals surface area contributed by atoms with Crippen molar-refractivity contribution in [3.8, 4) is 22.4 Å². The third kappa shape index (κ3) is 3.42. The highest BCUT2D eigenvalue weighted by Crippen LogP contribution is 2.39. The number of hydrogen-bond donors (Lipinski definition) is 0. The third-order valence-corrected chi connectivity index (χ3v) is 4.57. The van der Waals surface area contributed by atoms with E-state index in [9.17, 15) is 9.18 Å². The molecule has 0 N–H and O–H groups in total. The first kappa shape index (κ1) is 18.6. The molecular formula is C22H18FN3O3. The summed E-state index contributed by atoms with van der Waals surface area (Å²) in [4.78, 5) is 26.6. The van der Waals surface area contributed by atoms with E-state index >= 15 is 0 Å². The number of esters is 1. The molecule has 0 aliphatic carbocycles. The summed E-state index contributed by atoms with van der Waals surface area (Å²) in [6.45, 7) is 1.61. The molecule has 146 valence electrons. The molecule has 1 atom stereocenters. The van der Waals surface area contributed by atoms with Crippen LogP contribution in [0.5, 0.6) is 0 Å². The molecule has 29 heavy (non-hydrogen) atoms. The number of rotatable bonds is 5. The van der Waals surface area contributed by atoms with Gasteiger partial charge in [0.15, 0.2) is 0 Å². The van der Waals surface area contributed by atoms with Crippen LogP contribution in [0.15, 0.2) is 67.1 Å². The summed E-state index contributed by atoms with van der Waals surface area (Å²) < 4.78 is 19.9. The first-order valence-corrected chi connectivity index (χ1v) is 9.01. The molecule has 0 bridgehead atoms. The molecule has 0 saturated heterocycles. The quantitative estimate of drug-likeness (QED) is 0.483. The van der Waals surface area contributed by atoms with Crippen LogP contribution in [0, 0.1) is 5.82 Å². The number of ether oxygens (including phenoxy) is 1. The molecule has 0 radical (unpaired) electrons. The second-order valence-corrected chi connectivity index (χ2v) is 6.40. The molecule has 4 rings (SSSR count). The minimum absolute atomic E-state index is 0.327. The Bertz CT molecular complexity index is 1160. The second-order valence-electron chi connectivity index (χ2n) is 6.40. The zero-order chi connectivity index (χ0) is 20.4. The molecule has 1 aromatic carbocycles. The van der Waals surface area contributed by atoms with Gasteiger partial charge in [0.1, 0.15) is 16.9 Å². The van der Waals surface area contributed by atoms with Crippen molar-refractivity contribution in [2.45, 2.75) is 13.0 Å². The summed E-state index contributed by atoms with van der Waals surface area (Å²) in [5, 5.41) is 0. The molecule has 0 aliphatic rings. The lowest BCUT2D eigenvalue weighted by atomic mass is 10.0. The van der Waals surface area contributed by atoms with Crippen LogP contribution in [0.2, 0.25) is 0 Å². The van der Waals surface area contributed by atoms with Gasteiger partial charge in [0.25, 0.3) is 0 Å². The lowest BCUT2D eigenvalue weighted by molar-refractivity contribution is -0.152. The van der Waals surface area contributed by atoms with E-state index in [1.807, 2.05) is 18.2 Å². The van der Waals surface area contributed by atoms with Gasteiger partial charge in [-0.25, -0.2) is 9.18 Å². The summed E-state index contributed by atoms with van der Waals surface area (Å²) in [5.41, 5.74) is 4.38. The monoisotopic (exact) mass is 391 g/mol. The lowest BCUT2D eigenvalue weighted by Crippen LogP contribution is -2.31. The molecular weight excluding hydrogens is 373 g/mol. The highest BCUT2D eigenvalue weighted by molar-refractivity contribution is 6.02. The van der Waals surface area contributed by atoms with Gasteiger partial charge in [0.05, 0.1) is 12.8 Å². The van der Waals surface area contributed by atoms with Crippen LogP contribution in [0.3, 0.4) is 0 Å². The topological polar surface area (TPSA) is 66.2 Å². The molecule has 7 heteroatoms. The van der Waals surface area contributed by atoms with Crippen LogP contribution in [0.4, 0.5) is 4.39 Å². The Morgan fingerprint density at radius 1 is 1.03 bits per heavy atom. The average molecular weight is 391 g/mol. The van der Waals surface area contributed by atoms with Crippen LogP contribution in [-0.2, 0) is 9.53 Å². The normalized spacial score (nSPS) is 12.0. The number of carbonyl (C=O) groups is 1. The number of halogens is 1. The molecule has 6 nitrogen and oxygen atoms in total. The maximum Gasteiger partial charge on any atom is 0.349 e. The van der Waals surface area contributed by atoms with E-state index < -0.39 is 12.1 Å². The molecule has 3 heterocycles. The predicted molar refractivity (Wildman–Crippen MR) is 106 cm³/mol. The van der Waals surface area contributed by atoms with E-state index in [-0.39, 0.29) is 5.82 Å². The molecule has 1 unspecified atom stereocenters. The van der Waals surface area contributed by atoms with Crippen molar-refractivity contribution < 1.29 is 18.8 Å². The van der Waals surface area contributed by atoms with Crippen LogP contribution in [-0.4, -0.2) is 33.9 Å². The molecule has 0 aliphatic heterocycles. The minimum atomic E-state index is -0.850. The Labute approximate surface area is 166 Å². The van der Waals surface area contributed by atoms with E-state index in [0.717, 1.165) is 16.7 Å². The summed E-state index contributed by atoms with van der Waals surface area (Å²) in [7, 11) is 1.31. The Kier molecular flexibility index (Phi) is 4.95. The number of pyridine rings is 2. The van der Waals surface area contributed by atoms with Gasteiger partial charge in [-0.1, -0.05) is 12.1 Å². The second kappa shape index (κ2) is 7.71. The van der Waals surface area contributed by atoms with Crippen LogP contribution in [0.25, 0.3) is 33.4 Å². The maximum absolute atomic E-state index is 13.5. The fourth-order valence-corrected chi connectivity index (χ4v) is 3.23. The van der Waals surface area contributed by atoms with E-state index in [1.165, 1.54) is 19.2 Å². The first-order chi connectivity index (χ1) is 14.1. The number of carbonyl (C=O) groups excluding carboxylic acids is 1. The van der Waals surface area contributed by atoms with Gasteiger partial charge in [0, 0.05) is 29.7 Å². The Morgan fingerprint density at radius 2 is 1.76 bits per heavy atom. The van der Waals surface area contributed by atoms with Crippen molar-refractivity contribution in [2.24, 2.45) is 0 Å². The predicted octanol–water partition coefficient (Wildman–Crippen LogP) is 3.89. The summed E-state index contributed by atoms with van der Waals surface area (Å²) in [6, 6.07) is 13.5. The molecule has 4 aromatic rings. The number of fused-ring (bicyclic) bond motifs is 1. The number of aromatic nitrogens is 3. The van der Waals surface area contributed by atoms with E-state index in [2.05, 4.69) is 9.97 Å². The molecule has 0 fully saturated rings.